The van der Waals surface area contributed by atoms with Gasteiger partial charge in [0.25, 0.3) is 0 Å². The molecule has 2 saturated carbocycles. The molecule has 0 aromatic carbocycles. The Morgan fingerprint density at radius 2 is 1.66 bits per heavy atom. The quantitative estimate of drug-likeness (QED) is 0.314. The first-order valence-electron chi connectivity index (χ1n) is 13.5. The van der Waals surface area contributed by atoms with Crippen molar-refractivity contribution in [2.75, 3.05) is 7.11 Å². The van der Waals surface area contributed by atoms with Crippen LogP contribution in [0.3, 0.4) is 0 Å². The third kappa shape index (κ3) is 3.35. The summed E-state index contributed by atoms with van der Waals surface area (Å²) in [5.41, 5.74) is 6.65. The fraction of sp³-hybridized carbons (Fsp3) is 0.806. The first-order valence-corrected chi connectivity index (χ1v) is 13.5. The Kier molecular flexibility index (Phi) is 6.19. The van der Waals surface area contributed by atoms with Crippen LogP contribution in [0, 0.1) is 39.4 Å². The van der Waals surface area contributed by atoms with Crippen molar-refractivity contribution < 1.29 is 4.74 Å². The second kappa shape index (κ2) is 8.14. The van der Waals surface area contributed by atoms with E-state index in [1.165, 1.54) is 56.9 Å². The number of allylic oxidation sites excluding steroid dienone is 6. The van der Waals surface area contributed by atoms with Gasteiger partial charge in [0.2, 0.25) is 0 Å². The van der Waals surface area contributed by atoms with Gasteiger partial charge in [-0.05, 0) is 105 Å². The molecule has 7 atom stereocenters. The van der Waals surface area contributed by atoms with E-state index in [9.17, 15) is 0 Å². The predicted octanol–water partition coefficient (Wildman–Crippen LogP) is 8.91. The number of ether oxygens (including phenoxy) is 1. The first-order chi connectivity index (χ1) is 14.9. The lowest BCUT2D eigenvalue weighted by Gasteiger charge is -2.62. The van der Waals surface area contributed by atoms with E-state index < -0.39 is 0 Å². The van der Waals surface area contributed by atoms with Crippen molar-refractivity contribution in [1.29, 1.82) is 0 Å². The minimum atomic E-state index is 0.268. The lowest BCUT2D eigenvalue weighted by Crippen LogP contribution is -2.55. The molecule has 4 rings (SSSR count). The normalized spacial score (nSPS) is 44.1. The molecular weight excluding hydrogens is 388 g/mol. The molecule has 0 spiro atoms. The SMILES string of the molecule is CO[C@H]1CC[C@]2(C)C3=C(CC[C@H]2C1(C)C)[C@]1(C)CC[C@H]([C@H](C)/C=C/C=C(C)C)[C@@]1(C)CC3. The summed E-state index contributed by atoms with van der Waals surface area (Å²) < 4.78 is 6.00. The zero-order chi connectivity index (χ0) is 23.5. The molecule has 0 bridgehead atoms. The third-order valence-electron chi connectivity index (χ3n) is 11.5. The van der Waals surface area contributed by atoms with Gasteiger partial charge in [-0.25, -0.2) is 0 Å². The highest BCUT2D eigenvalue weighted by Crippen LogP contribution is 2.72. The smallest absolute Gasteiger partial charge is 0.0625 e. The lowest BCUT2D eigenvalue weighted by atomic mass is 9.43. The van der Waals surface area contributed by atoms with E-state index in [2.05, 4.69) is 73.6 Å². The highest BCUT2D eigenvalue weighted by Gasteiger charge is 2.63. The Morgan fingerprint density at radius 3 is 2.31 bits per heavy atom. The molecule has 0 aromatic rings. The number of fused-ring (bicyclic) bond motifs is 4. The monoisotopic (exact) mass is 438 g/mol. The van der Waals surface area contributed by atoms with Gasteiger partial charge in [0.1, 0.15) is 0 Å². The highest BCUT2D eigenvalue weighted by molar-refractivity contribution is 5.39. The number of hydrogen-bond donors (Lipinski definition) is 0. The second-order valence-corrected chi connectivity index (χ2v) is 13.4. The van der Waals surface area contributed by atoms with Crippen LogP contribution in [0.2, 0.25) is 0 Å². The van der Waals surface area contributed by atoms with E-state index in [0.29, 0.717) is 28.3 Å². The standard InChI is InChI=1S/C31H50O/c1-21(2)11-10-12-22(3)23-15-19-31(8)25-13-14-26-28(4,5)27(32-9)17-18-29(26,6)24(25)16-20-30(23,31)7/h10-12,22-23,26-27H,13-20H2,1-9H3/b12-10+/t22-,23-,26+,27+,29-,30-,31+/m1/s1. The third-order valence-corrected chi connectivity index (χ3v) is 11.5. The molecule has 0 N–H and O–H groups in total. The van der Waals surface area contributed by atoms with Gasteiger partial charge in [-0.1, -0.05) is 76.5 Å². The average Bonchev–Trinajstić information content (AvgIpc) is 2.99. The molecule has 4 aliphatic carbocycles. The Bertz CT molecular complexity index is 823. The zero-order valence-corrected chi connectivity index (χ0v) is 22.6. The summed E-state index contributed by atoms with van der Waals surface area (Å²) in [5.74, 6) is 2.21. The molecule has 0 radical (unpaired) electrons. The molecule has 0 amide bonds. The topological polar surface area (TPSA) is 9.23 Å². The summed E-state index contributed by atoms with van der Waals surface area (Å²) in [6.45, 7) is 19.8. The van der Waals surface area contributed by atoms with Crippen molar-refractivity contribution in [3.05, 3.63) is 34.9 Å². The van der Waals surface area contributed by atoms with Gasteiger partial charge in [-0.15, -0.1) is 0 Å². The van der Waals surface area contributed by atoms with Crippen molar-refractivity contribution in [3.8, 4) is 0 Å². The van der Waals surface area contributed by atoms with E-state index in [1.54, 1.807) is 0 Å². The molecular formula is C31H50O. The molecule has 0 saturated heterocycles. The molecule has 4 aliphatic rings. The molecule has 32 heavy (non-hydrogen) atoms. The fourth-order valence-corrected chi connectivity index (χ4v) is 9.53. The summed E-state index contributed by atoms with van der Waals surface area (Å²) in [7, 11) is 1.93. The van der Waals surface area contributed by atoms with Gasteiger partial charge in [-0.3, -0.25) is 0 Å². The summed E-state index contributed by atoms with van der Waals surface area (Å²) >= 11 is 0. The van der Waals surface area contributed by atoms with E-state index >= 15 is 0 Å². The molecule has 0 aliphatic heterocycles. The van der Waals surface area contributed by atoms with Crippen LogP contribution in [0.4, 0.5) is 0 Å². The Morgan fingerprint density at radius 1 is 0.938 bits per heavy atom. The summed E-state index contributed by atoms with van der Waals surface area (Å²) in [4.78, 5) is 0. The predicted molar refractivity (Wildman–Crippen MR) is 138 cm³/mol. The first kappa shape index (κ1) is 24.3. The number of methoxy groups -OCH3 is 1. The van der Waals surface area contributed by atoms with E-state index in [-0.39, 0.29) is 5.41 Å². The zero-order valence-electron chi connectivity index (χ0n) is 22.6. The number of hydrogen-bond acceptors (Lipinski definition) is 1. The summed E-state index contributed by atoms with van der Waals surface area (Å²) in [5, 5.41) is 0. The molecule has 1 heteroatoms. The Balaban J connectivity index is 1.68. The maximum Gasteiger partial charge on any atom is 0.0625 e. The molecule has 0 aromatic heterocycles. The van der Waals surface area contributed by atoms with Crippen molar-refractivity contribution in [3.63, 3.8) is 0 Å². The van der Waals surface area contributed by atoms with E-state index in [0.717, 1.165) is 11.8 Å². The van der Waals surface area contributed by atoms with Gasteiger partial charge in [0.15, 0.2) is 0 Å². The highest BCUT2D eigenvalue weighted by atomic mass is 16.5. The molecule has 0 heterocycles. The fourth-order valence-electron chi connectivity index (χ4n) is 9.53. The van der Waals surface area contributed by atoms with Gasteiger partial charge in [-0.2, -0.15) is 0 Å². The molecule has 2 fully saturated rings. The van der Waals surface area contributed by atoms with Crippen molar-refractivity contribution in [2.45, 2.75) is 113 Å². The van der Waals surface area contributed by atoms with E-state index in [1.807, 2.05) is 18.3 Å². The maximum atomic E-state index is 6.00. The van der Waals surface area contributed by atoms with Crippen LogP contribution in [0.25, 0.3) is 0 Å². The Hall–Kier alpha value is -0.820. The van der Waals surface area contributed by atoms with E-state index in [4.69, 9.17) is 4.74 Å². The minimum absolute atomic E-state index is 0.268. The van der Waals surface area contributed by atoms with Gasteiger partial charge in [0.05, 0.1) is 6.10 Å². The van der Waals surface area contributed by atoms with Crippen molar-refractivity contribution >= 4 is 0 Å². The van der Waals surface area contributed by atoms with Crippen LogP contribution in [0.5, 0.6) is 0 Å². The Labute approximate surface area is 199 Å². The van der Waals surface area contributed by atoms with Crippen LogP contribution in [0.1, 0.15) is 107 Å². The van der Waals surface area contributed by atoms with Crippen LogP contribution >= 0.6 is 0 Å². The minimum Gasteiger partial charge on any atom is -0.381 e. The largest absolute Gasteiger partial charge is 0.381 e. The lowest BCUT2D eigenvalue weighted by molar-refractivity contribution is -0.112. The second-order valence-electron chi connectivity index (χ2n) is 13.4. The van der Waals surface area contributed by atoms with Crippen LogP contribution < -0.4 is 0 Å². The van der Waals surface area contributed by atoms with Crippen molar-refractivity contribution in [2.24, 2.45) is 39.4 Å². The molecule has 180 valence electrons. The number of rotatable bonds is 4. The van der Waals surface area contributed by atoms with Crippen molar-refractivity contribution in [1.82, 2.24) is 0 Å². The summed E-state index contributed by atoms with van der Waals surface area (Å²) in [6.07, 6.45) is 18.2. The van der Waals surface area contributed by atoms with Gasteiger partial charge >= 0.3 is 0 Å². The maximum absolute atomic E-state index is 6.00. The van der Waals surface area contributed by atoms with Gasteiger partial charge in [0, 0.05) is 7.11 Å². The van der Waals surface area contributed by atoms with Crippen LogP contribution in [-0.2, 0) is 4.74 Å². The average molecular weight is 439 g/mol. The molecule has 0 unspecified atom stereocenters. The molecule has 1 nitrogen and oxygen atoms in total. The summed E-state index contributed by atoms with van der Waals surface area (Å²) in [6, 6.07) is 0. The van der Waals surface area contributed by atoms with Crippen LogP contribution in [0.15, 0.2) is 34.9 Å². The van der Waals surface area contributed by atoms with Crippen LogP contribution in [-0.4, -0.2) is 13.2 Å². The van der Waals surface area contributed by atoms with Gasteiger partial charge < -0.3 is 4.74 Å².